The van der Waals surface area contributed by atoms with Gasteiger partial charge in [0.25, 0.3) is 0 Å². The largest absolute Gasteiger partial charge is 0.490 e. The van der Waals surface area contributed by atoms with Crippen molar-refractivity contribution >= 4 is 29.9 Å². The molecule has 6 nitrogen and oxygen atoms in total. The number of guanidine groups is 1. The molecule has 0 saturated carbocycles. The number of rotatable bonds is 10. The molecule has 33 heavy (non-hydrogen) atoms. The molecule has 2 aromatic rings. The summed E-state index contributed by atoms with van der Waals surface area (Å²) in [7, 11) is 1.71. The summed E-state index contributed by atoms with van der Waals surface area (Å²) in [4.78, 5) is 6.74. The zero-order valence-electron chi connectivity index (χ0n) is 19.2. The quantitative estimate of drug-likeness (QED) is 0.244. The molecule has 1 heterocycles. The Kier molecular flexibility index (Phi) is 11.7. The predicted molar refractivity (Wildman–Crippen MR) is 138 cm³/mol. The second kappa shape index (κ2) is 14.2. The first kappa shape index (κ1) is 27.1. The Morgan fingerprint density at radius 1 is 0.970 bits per heavy atom. The van der Waals surface area contributed by atoms with E-state index in [9.17, 15) is 8.78 Å². The number of nitrogens with zero attached hydrogens (tertiary/aromatic N) is 2. The summed E-state index contributed by atoms with van der Waals surface area (Å²) in [5, 5.41) is 6.53. The zero-order chi connectivity index (χ0) is 22.8. The van der Waals surface area contributed by atoms with Gasteiger partial charge in [-0.2, -0.15) is 8.78 Å². The fraction of sp³-hybridized carbons (Fsp3) is 0.458. The van der Waals surface area contributed by atoms with Crippen molar-refractivity contribution in [2.75, 3.05) is 26.7 Å². The lowest BCUT2D eigenvalue weighted by Gasteiger charge is -2.16. The summed E-state index contributed by atoms with van der Waals surface area (Å²) in [6, 6.07) is 13.6. The van der Waals surface area contributed by atoms with Gasteiger partial charge in [0.15, 0.2) is 17.5 Å². The molecule has 0 amide bonds. The van der Waals surface area contributed by atoms with Gasteiger partial charge in [0.1, 0.15) is 0 Å². The lowest BCUT2D eigenvalue weighted by atomic mass is 10.1. The molecule has 0 unspecified atom stereocenters. The molecule has 1 fully saturated rings. The van der Waals surface area contributed by atoms with Gasteiger partial charge in [0, 0.05) is 26.7 Å². The molecule has 3 rings (SSSR count). The number of hydrogen-bond acceptors (Lipinski definition) is 4. The van der Waals surface area contributed by atoms with E-state index in [0.717, 1.165) is 12.1 Å². The minimum atomic E-state index is -2.89. The highest BCUT2D eigenvalue weighted by Crippen LogP contribution is 2.29. The van der Waals surface area contributed by atoms with Crippen molar-refractivity contribution in [3.63, 3.8) is 0 Å². The van der Waals surface area contributed by atoms with Crippen LogP contribution in [0.4, 0.5) is 8.78 Å². The molecule has 0 atom stereocenters. The van der Waals surface area contributed by atoms with Crippen LogP contribution in [0.15, 0.2) is 47.5 Å². The van der Waals surface area contributed by atoms with Crippen LogP contribution in [-0.2, 0) is 19.6 Å². The fourth-order valence-corrected chi connectivity index (χ4v) is 3.68. The minimum Gasteiger partial charge on any atom is -0.490 e. The molecule has 0 spiro atoms. The number of benzene rings is 2. The van der Waals surface area contributed by atoms with Gasteiger partial charge in [-0.05, 0) is 61.7 Å². The standard InChI is InChI=1S/C24H32F2N4O2.HI/c1-3-31-22-14-20(10-11-21(22)32-23(25)26)16-29-24(27-2)28-15-18-6-8-19(9-7-18)17-30-12-4-5-13-30;/h6-11,14,23H,3-5,12-13,15-17H2,1-2H3,(H2,27,28,29);1H. The Morgan fingerprint density at radius 2 is 1.58 bits per heavy atom. The average Bonchev–Trinajstić information content (AvgIpc) is 3.29. The van der Waals surface area contributed by atoms with E-state index in [0.29, 0.717) is 31.4 Å². The number of nitrogens with one attached hydrogen (secondary N) is 2. The van der Waals surface area contributed by atoms with Crippen LogP contribution in [0, 0.1) is 0 Å². The van der Waals surface area contributed by atoms with Crippen LogP contribution in [0.2, 0.25) is 0 Å². The monoisotopic (exact) mass is 574 g/mol. The molecule has 1 aliphatic rings. The van der Waals surface area contributed by atoms with Gasteiger partial charge in [-0.25, -0.2) is 0 Å². The predicted octanol–water partition coefficient (Wildman–Crippen LogP) is 4.77. The number of likely N-dealkylation sites (tertiary alicyclic amines) is 1. The van der Waals surface area contributed by atoms with Crippen molar-refractivity contribution in [3.05, 3.63) is 59.2 Å². The highest BCUT2D eigenvalue weighted by atomic mass is 127. The van der Waals surface area contributed by atoms with Crippen molar-refractivity contribution in [2.45, 2.75) is 46.0 Å². The summed E-state index contributed by atoms with van der Waals surface area (Å²) in [5.74, 6) is 0.974. The van der Waals surface area contributed by atoms with Gasteiger partial charge in [-0.1, -0.05) is 30.3 Å². The van der Waals surface area contributed by atoms with Crippen LogP contribution in [0.5, 0.6) is 11.5 Å². The number of ether oxygens (including phenoxy) is 2. The van der Waals surface area contributed by atoms with Crippen LogP contribution in [-0.4, -0.2) is 44.2 Å². The van der Waals surface area contributed by atoms with Crippen molar-refractivity contribution in [3.8, 4) is 11.5 Å². The number of aliphatic imine (C=N–C) groups is 1. The Balaban J connectivity index is 0.00000385. The maximum Gasteiger partial charge on any atom is 0.387 e. The summed E-state index contributed by atoms with van der Waals surface area (Å²) in [6.07, 6.45) is 2.60. The molecular formula is C24H33F2IN4O2. The molecule has 2 aromatic carbocycles. The number of alkyl halides is 2. The highest BCUT2D eigenvalue weighted by Gasteiger charge is 2.13. The third-order valence-electron chi connectivity index (χ3n) is 5.30. The van der Waals surface area contributed by atoms with E-state index in [1.807, 2.05) is 0 Å². The smallest absolute Gasteiger partial charge is 0.387 e. The Bertz CT molecular complexity index is 875. The van der Waals surface area contributed by atoms with E-state index < -0.39 is 6.61 Å². The SMILES string of the molecule is CCOc1cc(CNC(=NC)NCc2ccc(CN3CCCC3)cc2)ccc1OC(F)F.I. The molecular weight excluding hydrogens is 541 g/mol. The maximum atomic E-state index is 12.6. The number of hydrogen-bond donors (Lipinski definition) is 2. The van der Waals surface area contributed by atoms with E-state index in [1.165, 1.54) is 43.1 Å². The second-order valence-corrected chi connectivity index (χ2v) is 7.67. The van der Waals surface area contributed by atoms with Crippen LogP contribution < -0.4 is 20.1 Å². The van der Waals surface area contributed by atoms with Crippen molar-refractivity contribution < 1.29 is 18.3 Å². The van der Waals surface area contributed by atoms with Crippen LogP contribution in [0.1, 0.15) is 36.5 Å². The maximum absolute atomic E-state index is 12.6. The first-order valence-electron chi connectivity index (χ1n) is 11.0. The molecule has 0 bridgehead atoms. The van der Waals surface area contributed by atoms with Gasteiger partial charge in [-0.15, -0.1) is 24.0 Å². The van der Waals surface area contributed by atoms with E-state index in [-0.39, 0.29) is 29.7 Å². The molecule has 0 radical (unpaired) electrons. The Labute approximate surface area is 211 Å². The van der Waals surface area contributed by atoms with Gasteiger partial charge in [-0.3, -0.25) is 9.89 Å². The minimum absolute atomic E-state index is 0. The molecule has 0 aliphatic carbocycles. The lowest BCUT2D eigenvalue weighted by Crippen LogP contribution is -2.36. The van der Waals surface area contributed by atoms with Crippen LogP contribution in [0.3, 0.4) is 0 Å². The lowest BCUT2D eigenvalue weighted by molar-refractivity contribution is -0.0514. The third kappa shape index (κ3) is 8.96. The molecule has 1 aliphatic heterocycles. The third-order valence-corrected chi connectivity index (χ3v) is 5.30. The summed E-state index contributed by atoms with van der Waals surface area (Å²) in [6.45, 7) is 3.77. The van der Waals surface area contributed by atoms with E-state index in [1.54, 1.807) is 26.1 Å². The normalized spacial score (nSPS) is 14.2. The van der Waals surface area contributed by atoms with Gasteiger partial charge < -0.3 is 20.1 Å². The van der Waals surface area contributed by atoms with E-state index in [4.69, 9.17) is 4.74 Å². The molecule has 182 valence electrons. The summed E-state index contributed by atoms with van der Waals surface area (Å²) >= 11 is 0. The zero-order valence-corrected chi connectivity index (χ0v) is 21.5. The van der Waals surface area contributed by atoms with Crippen molar-refractivity contribution in [1.29, 1.82) is 0 Å². The molecule has 2 N–H and O–H groups in total. The van der Waals surface area contributed by atoms with Gasteiger partial charge in [0.2, 0.25) is 0 Å². The molecule has 9 heteroatoms. The second-order valence-electron chi connectivity index (χ2n) is 7.67. The first-order chi connectivity index (χ1) is 15.6. The average molecular weight is 574 g/mol. The van der Waals surface area contributed by atoms with E-state index >= 15 is 0 Å². The van der Waals surface area contributed by atoms with Crippen molar-refractivity contribution in [1.82, 2.24) is 15.5 Å². The van der Waals surface area contributed by atoms with E-state index in [2.05, 4.69) is 49.5 Å². The highest BCUT2D eigenvalue weighted by molar-refractivity contribution is 14.0. The molecule has 0 aromatic heterocycles. The first-order valence-corrected chi connectivity index (χ1v) is 11.0. The summed E-state index contributed by atoms with van der Waals surface area (Å²) < 4.78 is 35.1. The van der Waals surface area contributed by atoms with Crippen LogP contribution in [0.25, 0.3) is 0 Å². The topological polar surface area (TPSA) is 58.1 Å². The number of halogens is 3. The Morgan fingerprint density at radius 3 is 2.18 bits per heavy atom. The van der Waals surface area contributed by atoms with Crippen LogP contribution >= 0.6 is 24.0 Å². The van der Waals surface area contributed by atoms with Crippen molar-refractivity contribution in [2.24, 2.45) is 4.99 Å². The molecule has 1 saturated heterocycles. The Hall–Kier alpha value is -2.14. The summed E-state index contributed by atoms with van der Waals surface area (Å²) in [5.41, 5.74) is 3.37. The van der Waals surface area contributed by atoms with Gasteiger partial charge in [0.05, 0.1) is 6.61 Å². The fourth-order valence-electron chi connectivity index (χ4n) is 3.68. The van der Waals surface area contributed by atoms with Gasteiger partial charge >= 0.3 is 6.61 Å².